The highest BCUT2D eigenvalue weighted by atomic mass is 15.3. The number of nitriles is 1. The lowest BCUT2D eigenvalue weighted by Gasteiger charge is -2.42. The van der Waals surface area contributed by atoms with E-state index in [9.17, 15) is 5.26 Å². The van der Waals surface area contributed by atoms with Gasteiger partial charge in [0.05, 0.1) is 6.07 Å². The second-order valence-corrected chi connectivity index (χ2v) is 5.89. The standard InChI is InChI=1S/C14H26N4/c1-4-13-9-18(8-7-17(13)3)11-14(10-15,16-2)12-5-6-12/h12-13,16H,4-9,11H2,1-3H3. The minimum absolute atomic E-state index is 0.311. The highest BCUT2D eigenvalue weighted by Crippen LogP contribution is 2.39. The Morgan fingerprint density at radius 3 is 2.61 bits per heavy atom. The number of likely N-dealkylation sites (N-methyl/N-ethyl adjacent to an activating group) is 2. The molecule has 4 heteroatoms. The molecule has 0 bridgehead atoms. The maximum atomic E-state index is 9.54. The highest BCUT2D eigenvalue weighted by Gasteiger charge is 2.46. The molecular formula is C14H26N4. The van der Waals surface area contributed by atoms with E-state index in [4.69, 9.17) is 0 Å². The third kappa shape index (κ3) is 2.69. The van der Waals surface area contributed by atoms with Crippen molar-refractivity contribution in [2.24, 2.45) is 5.92 Å². The van der Waals surface area contributed by atoms with Crippen molar-refractivity contribution < 1.29 is 0 Å². The Bertz CT molecular complexity index is 320. The molecule has 1 heterocycles. The zero-order valence-electron chi connectivity index (χ0n) is 11.9. The third-order valence-corrected chi connectivity index (χ3v) is 4.73. The molecule has 4 nitrogen and oxygen atoms in total. The molecule has 1 aliphatic carbocycles. The van der Waals surface area contributed by atoms with Gasteiger partial charge in [-0.1, -0.05) is 6.92 Å². The van der Waals surface area contributed by atoms with Gasteiger partial charge in [-0.05, 0) is 39.3 Å². The van der Waals surface area contributed by atoms with Gasteiger partial charge >= 0.3 is 0 Å². The van der Waals surface area contributed by atoms with Gasteiger partial charge in [0.15, 0.2) is 0 Å². The maximum absolute atomic E-state index is 9.54. The Labute approximate surface area is 111 Å². The maximum Gasteiger partial charge on any atom is 0.122 e. The van der Waals surface area contributed by atoms with Crippen LogP contribution in [-0.2, 0) is 0 Å². The first kappa shape index (κ1) is 13.8. The van der Waals surface area contributed by atoms with Gasteiger partial charge < -0.3 is 10.2 Å². The average molecular weight is 250 g/mol. The van der Waals surface area contributed by atoms with Crippen molar-refractivity contribution in [3.63, 3.8) is 0 Å². The molecule has 2 rings (SSSR count). The Balaban J connectivity index is 1.98. The quantitative estimate of drug-likeness (QED) is 0.787. The van der Waals surface area contributed by atoms with Crippen LogP contribution in [0, 0.1) is 17.2 Å². The lowest BCUT2D eigenvalue weighted by Crippen LogP contribution is -2.59. The number of nitrogens with one attached hydrogen (secondary N) is 1. The second-order valence-electron chi connectivity index (χ2n) is 5.89. The summed E-state index contributed by atoms with van der Waals surface area (Å²) in [5, 5.41) is 12.8. The number of piperazine rings is 1. The van der Waals surface area contributed by atoms with Gasteiger partial charge in [-0.3, -0.25) is 4.90 Å². The van der Waals surface area contributed by atoms with E-state index in [1.165, 1.54) is 19.3 Å². The first-order chi connectivity index (χ1) is 8.65. The van der Waals surface area contributed by atoms with Gasteiger partial charge in [-0.25, -0.2) is 0 Å². The summed E-state index contributed by atoms with van der Waals surface area (Å²) >= 11 is 0. The normalized spacial score (nSPS) is 29.8. The first-order valence-electron chi connectivity index (χ1n) is 7.18. The van der Waals surface area contributed by atoms with Gasteiger partial charge in [-0.15, -0.1) is 0 Å². The van der Waals surface area contributed by atoms with Crippen LogP contribution in [0.2, 0.25) is 0 Å². The molecule has 1 saturated carbocycles. The summed E-state index contributed by atoms with van der Waals surface area (Å²) in [5.74, 6) is 0.562. The van der Waals surface area contributed by atoms with Crippen LogP contribution in [0.25, 0.3) is 0 Å². The number of hydrogen-bond acceptors (Lipinski definition) is 4. The minimum Gasteiger partial charge on any atom is -0.301 e. The zero-order valence-corrected chi connectivity index (χ0v) is 11.9. The van der Waals surface area contributed by atoms with Gasteiger partial charge in [0.25, 0.3) is 0 Å². The third-order valence-electron chi connectivity index (χ3n) is 4.73. The van der Waals surface area contributed by atoms with Crippen molar-refractivity contribution in [2.75, 3.05) is 40.3 Å². The Hall–Kier alpha value is -0.630. The number of hydrogen-bond donors (Lipinski definition) is 1. The van der Waals surface area contributed by atoms with Crippen LogP contribution >= 0.6 is 0 Å². The molecule has 1 N–H and O–H groups in total. The van der Waals surface area contributed by atoms with Gasteiger partial charge in [0.2, 0.25) is 0 Å². The summed E-state index contributed by atoms with van der Waals surface area (Å²) in [6.07, 6.45) is 3.61. The van der Waals surface area contributed by atoms with Gasteiger partial charge in [-0.2, -0.15) is 5.26 Å². The smallest absolute Gasteiger partial charge is 0.122 e. The van der Waals surface area contributed by atoms with Crippen molar-refractivity contribution in [3.05, 3.63) is 0 Å². The van der Waals surface area contributed by atoms with Gasteiger partial charge in [0.1, 0.15) is 5.54 Å². The summed E-state index contributed by atoms with van der Waals surface area (Å²) in [7, 11) is 4.15. The summed E-state index contributed by atoms with van der Waals surface area (Å²) < 4.78 is 0. The van der Waals surface area contributed by atoms with Crippen molar-refractivity contribution in [3.8, 4) is 6.07 Å². The summed E-state index contributed by atoms with van der Waals surface area (Å²) in [4.78, 5) is 4.92. The predicted molar refractivity (Wildman–Crippen MR) is 73.3 cm³/mol. The van der Waals surface area contributed by atoms with Gasteiger partial charge in [0, 0.05) is 32.2 Å². The topological polar surface area (TPSA) is 42.3 Å². The lowest BCUT2D eigenvalue weighted by atomic mass is 9.93. The van der Waals surface area contributed by atoms with E-state index in [0.29, 0.717) is 12.0 Å². The van der Waals surface area contributed by atoms with Crippen LogP contribution in [-0.4, -0.2) is 61.7 Å². The molecule has 0 amide bonds. The monoisotopic (exact) mass is 250 g/mol. The minimum atomic E-state index is -0.311. The Morgan fingerprint density at radius 1 is 1.39 bits per heavy atom. The van der Waals surface area contributed by atoms with Crippen LogP contribution in [0.1, 0.15) is 26.2 Å². The molecule has 18 heavy (non-hydrogen) atoms. The molecule has 0 aromatic rings. The molecule has 0 aromatic carbocycles. The largest absolute Gasteiger partial charge is 0.301 e. The SMILES string of the molecule is CCC1CN(CC(C#N)(NC)C2CC2)CCN1C. The lowest BCUT2D eigenvalue weighted by molar-refractivity contribution is 0.0755. The molecule has 2 atom stereocenters. The average Bonchev–Trinajstić information content (AvgIpc) is 3.23. The summed E-state index contributed by atoms with van der Waals surface area (Å²) in [6, 6.07) is 3.20. The molecule has 1 saturated heterocycles. The van der Waals surface area contributed by atoms with E-state index in [1.54, 1.807) is 0 Å². The van der Waals surface area contributed by atoms with Crippen LogP contribution in [0.4, 0.5) is 0 Å². The molecule has 1 aliphatic heterocycles. The molecular weight excluding hydrogens is 224 g/mol. The van der Waals surface area contributed by atoms with Crippen LogP contribution < -0.4 is 5.32 Å². The molecule has 0 radical (unpaired) electrons. The van der Waals surface area contributed by atoms with Crippen molar-refractivity contribution in [1.82, 2.24) is 15.1 Å². The van der Waals surface area contributed by atoms with Crippen LogP contribution in [0.3, 0.4) is 0 Å². The van der Waals surface area contributed by atoms with E-state index < -0.39 is 0 Å². The zero-order chi connectivity index (χ0) is 13.2. The fourth-order valence-electron chi connectivity index (χ4n) is 3.12. The van der Waals surface area contributed by atoms with E-state index in [0.717, 1.165) is 26.2 Å². The van der Waals surface area contributed by atoms with Crippen molar-refractivity contribution in [2.45, 2.75) is 37.8 Å². The van der Waals surface area contributed by atoms with Crippen LogP contribution in [0.15, 0.2) is 0 Å². The number of nitrogens with zero attached hydrogens (tertiary/aromatic N) is 3. The summed E-state index contributed by atoms with van der Waals surface area (Å²) in [6.45, 7) is 6.44. The van der Waals surface area contributed by atoms with E-state index in [2.05, 4.69) is 35.2 Å². The van der Waals surface area contributed by atoms with Crippen molar-refractivity contribution >= 4 is 0 Å². The summed E-state index contributed by atoms with van der Waals surface area (Å²) in [5.41, 5.74) is -0.311. The molecule has 102 valence electrons. The van der Waals surface area contributed by atoms with Crippen molar-refractivity contribution in [1.29, 1.82) is 5.26 Å². The molecule has 0 spiro atoms. The second kappa shape index (κ2) is 5.56. The predicted octanol–water partition coefficient (Wildman–Crippen LogP) is 0.904. The highest BCUT2D eigenvalue weighted by molar-refractivity contribution is 5.16. The van der Waals surface area contributed by atoms with Crippen LogP contribution in [0.5, 0.6) is 0 Å². The van der Waals surface area contributed by atoms with E-state index >= 15 is 0 Å². The fourth-order valence-corrected chi connectivity index (χ4v) is 3.12. The first-order valence-corrected chi connectivity index (χ1v) is 7.18. The molecule has 0 aromatic heterocycles. The fraction of sp³-hybridized carbons (Fsp3) is 0.929. The molecule has 2 aliphatic rings. The Morgan fingerprint density at radius 2 is 2.11 bits per heavy atom. The molecule has 2 unspecified atom stereocenters. The Kier molecular flexibility index (Phi) is 4.26. The molecule has 2 fully saturated rings. The number of rotatable bonds is 5. The van der Waals surface area contributed by atoms with E-state index in [1.807, 2.05) is 7.05 Å². The van der Waals surface area contributed by atoms with E-state index in [-0.39, 0.29) is 5.54 Å².